The second kappa shape index (κ2) is 7.53. The Morgan fingerprint density at radius 2 is 1.65 bits per heavy atom. The molecule has 2 aliphatic heterocycles. The third kappa shape index (κ3) is 3.58. The van der Waals surface area contributed by atoms with Crippen LogP contribution in [0.3, 0.4) is 0 Å². The molecule has 1 aromatic rings. The van der Waals surface area contributed by atoms with E-state index in [4.69, 9.17) is 0 Å². The lowest BCUT2D eigenvalue weighted by Gasteiger charge is -2.37. The summed E-state index contributed by atoms with van der Waals surface area (Å²) >= 11 is 0. The summed E-state index contributed by atoms with van der Waals surface area (Å²) in [7, 11) is 0. The van der Waals surface area contributed by atoms with Gasteiger partial charge in [0.25, 0.3) is 0 Å². The summed E-state index contributed by atoms with van der Waals surface area (Å²) in [5, 5.41) is 0. The fraction of sp³-hybridized carbons (Fsp3) is 0.762. The van der Waals surface area contributed by atoms with Crippen LogP contribution in [0.1, 0.15) is 58.3 Å². The average molecular weight is 357 g/mol. The van der Waals surface area contributed by atoms with Gasteiger partial charge in [-0.2, -0.15) is 0 Å². The van der Waals surface area contributed by atoms with Gasteiger partial charge in [0.15, 0.2) is 0 Å². The van der Waals surface area contributed by atoms with Crippen molar-refractivity contribution in [1.82, 2.24) is 14.9 Å². The van der Waals surface area contributed by atoms with E-state index in [1.807, 2.05) is 18.5 Å². The number of rotatable bonds is 3. The van der Waals surface area contributed by atoms with E-state index >= 15 is 0 Å². The number of hydrogen-bond donors (Lipinski definition) is 0. The van der Waals surface area contributed by atoms with Crippen LogP contribution in [-0.2, 0) is 4.79 Å². The van der Waals surface area contributed by atoms with Crippen molar-refractivity contribution in [2.45, 2.75) is 58.3 Å². The van der Waals surface area contributed by atoms with Crippen LogP contribution in [0.15, 0.2) is 18.5 Å². The van der Waals surface area contributed by atoms with Gasteiger partial charge in [-0.1, -0.05) is 26.2 Å². The topological polar surface area (TPSA) is 49.3 Å². The molecular formula is C21H32N4O. The third-order valence-corrected chi connectivity index (χ3v) is 7.03. The van der Waals surface area contributed by atoms with Gasteiger partial charge in [-0.05, 0) is 50.0 Å². The fourth-order valence-corrected chi connectivity index (χ4v) is 5.31. The number of piperidine rings is 1. The Labute approximate surface area is 157 Å². The van der Waals surface area contributed by atoms with Crippen molar-refractivity contribution in [2.75, 3.05) is 31.1 Å². The van der Waals surface area contributed by atoms with E-state index in [1.54, 1.807) is 0 Å². The summed E-state index contributed by atoms with van der Waals surface area (Å²) in [6, 6.07) is 1.87. The van der Waals surface area contributed by atoms with Crippen molar-refractivity contribution < 1.29 is 4.79 Å². The largest absolute Gasteiger partial charge is 0.342 e. The Kier molecular flexibility index (Phi) is 5.14. The first-order chi connectivity index (χ1) is 12.7. The molecule has 1 aromatic heterocycles. The van der Waals surface area contributed by atoms with E-state index in [9.17, 15) is 4.79 Å². The van der Waals surface area contributed by atoms with E-state index in [0.29, 0.717) is 11.8 Å². The first kappa shape index (κ1) is 17.7. The Hall–Kier alpha value is -1.65. The summed E-state index contributed by atoms with van der Waals surface area (Å²) < 4.78 is 0. The molecular weight excluding hydrogens is 324 g/mol. The van der Waals surface area contributed by atoms with Crippen LogP contribution in [0.25, 0.3) is 0 Å². The van der Waals surface area contributed by atoms with E-state index in [1.165, 1.54) is 38.5 Å². The van der Waals surface area contributed by atoms with Gasteiger partial charge in [0.05, 0.1) is 0 Å². The second-order valence-corrected chi connectivity index (χ2v) is 8.79. The molecule has 142 valence electrons. The average Bonchev–Trinajstić information content (AvgIpc) is 3.19. The van der Waals surface area contributed by atoms with Crippen LogP contribution in [0, 0.1) is 17.3 Å². The SMILES string of the molecule is CC1(C(=O)N2CC[C@@H](C3CCN(c4ncccn4)CC3)C2)CCCCC1. The van der Waals surface area contributed by atoms with Crippen LogP contribution in [0.5, 0.6) is 0 Å². The maximum Gasteiger partial charge on any atom is 0.228 e. The Bertz CT molecular complexity index is 606. The molecule has 1 atom stereocenters. The van der Waals surface area contributed by atoms with Crippen molar-refractivity contribution >= 4 is 11.9 Å². The normalized spacial score (nSPS) is 26.9. The van der Waals surface area contributed by atoms with Crippen LogP contribution in [-0.4, -0.2) is 47.0 Å². The predicted molar refractivity (Wildman–Crippen MR) is 103 cm³/mol. The summed E-state index contributed by atoms with van der Waals surface area (Å²) in [6.45, 7) is 6.25. The monoisotopic (exact) mass is 356 g/mol. The van der Waals surface area contributed by atoms with E-state index < -0.39 is 0 Å². The van der Waals surface area contributed by atoms with Crippen molar-refractivity contribution in [1.29, 1.82) is 0 Å². The van der Waals surface area contributed by atoms with Crippen molar-refractivity contribution in [3.8, 4) is 0 Å². The molecule has 2 saturated heterocycles. The highest BCUT2D eigenvalue weighted by Gasteiger charge is 2.41. The smallest absolute Gasteiger partial charge is 0.228 e. The molecule has 0 radical (unpaired) electrons. The molecule has 1 saturated carbocycles. The van der Waals surface area contributed by atoms with E-state index in [2.05, 4.69) is 26.7 Å². The number of anilines is 1. The minimum absolute atomic E-state index is 0.0822. The molecule has 3 heterocycles. The molecule has 0 N–H and O–H groups in total. The number of carbonyl (C=O) groups excluding carboxylic acids is 1. The number of hydrogen-bond acceptors (Lipinski definition) is 4. The van der Waals surface area contributed by atoms with Crippen molar-refractivity contribution in [3.63, 3.8) is 0 Å². The third-order valence-electron chi connectivity index (χ3n) is 7.03. The Balaban J connectivity index is 1.30. The van der Waals surface area contributed by atoms with Gasteiger partial charge in [0.2, 0.25) is 11.9 Å². The quantitative estimate of drug-likeness (QED) is 0.831. The lowest BCUT2D eigenvalue weighted by molar-refractivity contribution is -0.142. The maximum atomic E-state index is 13.1. The molecule has 0 aromatic carbocycles. The molecule has 26 heavy (non-hydrogen) atoms. The van der Waals surface area contributed by atoms with Crippen LogP contribution in [0.4, 0.5) is 5.95 Å². The lowest BCUT2D eigenvalue weighted by atomic mass is 9.74. The van der Waals surface area contributed by atoms with Crippen LogP contribution < -0.4 is 4.90 Å². The zero-order valence-electron chi connectivity index (χ0n) is 16.1. The van der Waals surface area contributed by atoms with Gasteiger partial charge >= 0.3 is 0 Å². The number of carbonyl (C=O) groups is 1. The molecule has 3 fully saturated rings. The number of nitrogens with zero attached hydrogens (tertiary/aromatic N) is 4. The van der Waals surface area contributed by atoms with Gasteiger partial charge in [-0.15, -0.1) is 0 Å². The fourth-order valence-electron chi connectivity index (χ4n) is 5.31. The lowest BCUT2D eigenvalue weighted by Crippen LogP contribution is -2.43. The summed E-state index contributed by atoms with van der Waals surface area (Å²) in [5.74, 6) is 2.73. The highest BCUT2D eigenvalue weighted by Crippen LogP contribution is 2.40. The highest BCUT2D eigenvalue weighted by atomic mass is 16.2. The minimum Gasteiger partial charge on any atom is -0.342 e. The molecule has 0 spiro atoms. The molecule has 3 aliphatic rings. The molecule has 4 rings (SSSR count). The van der Waals surface area contributed by atoms with Gasteiger partial charge in [-0.3, -0.25) is 4.79 Å². The molecule has 0 bridgehead atoms. The predicted octanol–water partition coefficient (Wildman–Crippen LogP) is 3.51. The summed E-state index contributed by atoms with van der Waals surface area (Å²) in [4.78, 5) is 26.4. The molecule has 1 amide bonds. The van der Waals surface area contributed by atoms with E-state index in [-0.39, 0.29) is 5.41 Å². The van der Waals surface area contributed by atoms with Gasteiger partial charge < -0.3 is 9.80 Å². The molecule has 5 nitrogen and oxygen atoms in total. The number of amides is 1. The van der Waals surface area contributed by atoms with E-state index in [0.717, 1.165) is 50.9 Å². The first-order valence-electron chi connectivity index (χ1n) is 10.5. The Morgan fingerprint density at radius 1 is 1.00 bits per heavy atom. The second-order valence-electron chi connectivity index (χ2n) is 8.79. The zero-order chi connectivity index (χ0) is 18.0. The standard InChI is InChI=1S/C21H32N4O/c1-21(9-3-2-4-10-21)19(26)25-15-8-18(16-25)17-6-13-24(14-7-17)20-22-11-5-12-23-20/h5,11-12,17-18H,2-4,6-10,13-16H2,1H3/t18-/m1/s1. The van der Waals surface area contributed by atoms with Gasteiger partial charge in [0.1, 0.15) is 0 Å². The first-order valence-corrected chi connectivity index (χ1v) is 10.5. The molecule has 1 aliphatic carbocycles. The van der Waals surface area contributed by atoms with Crippen molar-refractivity contribution in [2.24, 2.45) is 17.3 Å². The molecule has 0 unspecified atom stereocenters. The zero-order valence-corrected chi connectivity index (χ0v) is 16.1. The maximum absolute atomic E-state index is 13.1. The van der Waals surface area contributed by atoms with Gasteiger partial charge in [-0.25, -0.2) is 9.97 Å². The summed E-state index contributed by atoms with van der Waals surface area (Å²) in [6.07, 6.45) is 13.1. The number of aromatic nitrogens is 2. The minimum atomic E-state index is -0.0822. The van der Waals surface area contributed by atoms with Crippen molar-refractivity contribution in [3.05, 3.63) is 18.5 Å². The van der Waals surface area contributed by atoms with Crippen LogP contribution in [0.2, 0.25) is 0 Å². The summed E-state index contributed by atoms with van der Waals surface area (Å²) in [5.41, 5.74) is -0.0822. The molecule has 5 heteroatoms. The van der Waals surface area contributed by atoms with Gasteiger partial charge in [0, 0.05) is 44.0 Å². The highest BCUT2D eigenvalue weighted by molar-refractivity contribution is 5.82. The Morgan fingerprint density at radius 3 is 2.35 bits per heavy atom. The van der Waals surface area contributed by atoms with Crippen LogP contribution >= 0.6 is 0 Å². The number of likely N-dealkylation sites (tertiary alicyclic amines) is 1.